The summed E-state index contributed by atoms with van der Waals surface area (Å²) in [5, 5.41) is 0. The molecule has 5 nitrogen and oxygen atoms in total. The second-order valence-electron chi connectivity index (χ2n) is 3.59. The first kappa shape index (κ1) is 12.7. The maximum atomic E-state index is 11.0. The van der Waals surface area contributed by atoms with Crippen molar-refractivity contribution in [3.63, 3.8) is 0 Å². The highest BCUT2D eigenvalue weighted by molar-refractivity contribution is 8.11. The van der Waals surface area contributed by atoms with Gasteiger partial charge in [0.15, 0.2) is 0 Å². The highest BCUT2D eigenvalue weighted by atomic mass is 35.7. The molecule has 7 heteroatoms. The lowest BCUT2D eigenvalue weighted by molar-refractivity contribution is -0.142. The largest absolute Gasteiger partial charge is 0.466 e. The predicted octanol–water partition coefficient (Wildman–Crippen LogP) is 0.745. The molecule has 0 unspecified atom stereocenters. The molecule has 15 heavy (non-hydrogen) atoms. The van der Waals surface area contributed by atoms with Crippen LogP contribution in [0.5, 0.6) is 0 Å². The van der Waals surface area contributed by atoms with Crippen LogP contribution in [-0.4, -0.2) is 38.4 Å². The SMILES string of the molecule is CC(=O)OCC1CCN(S(=O)(=O)Cl)CC1. The summed E-state index contributed by atoms with van der Waals surface area (Å²) >= 11 is 0. The second kappa shape index (κ2) is 5.14. The van der Waals surface area contributed by atoms with Gasteiger partial charge in [0.2, 0.25) is 0 Å². The van der Waals surface area contributed by atoms with Crippen molar-refractivity contribution < 1.29 is 17.9 Å². The highest BCUT2D eigenvalue weighted by Gasteiger charge is 2.26. The van der Waals surface area contributed by atoms with Crippen LogP contribution in [0.3, 0.4) is 0 Å². The molecule has 0 atom stereocenters. The maximum absolute atomic E-state index is 11.0. The molecule has 1 aliphatic rings. The first-order valence-corrected chi connectivity index (χ1v) is 6.99. The fraction of sp³-hybridized carbons (Fsp3) is 0.875. The Bertz CT molecular complexity index is 322. The summed E-state index contributed by atoms with van der Waals surface area (Å²) < 4.78 is 28.0. The zero-order valence-electron chi connectivity index (χ0n) is 8.48. The fourth-order valence-electron chi connectivity index (χ4n) is 1.53. The third-order valence-electron chi connectivity index (χ3n) is 2.40. The number of rotatable bonds is 3. The first-order valence-electron chi connectivity index (χ1n) is 4.72. The molecule has 1 heterocycles. The third kappa shape index (κ3) is 4.36. The van der Waals surface area contributed by atoms with Crippen LogP contribution >= 0.6 is 10.7 Å². The molecule has 0 bridgehead atoms. The quantitative estimate of drug-likeness (QED) is 0.551. The van der Waals surface area contributed by atoms with Crippen molar-refractivity contribution >= 4 is 25.9 Å². The van der Waals surface area contributed by atoms with E-state index in [1.807, 2.05) is 0 Å². The van der Waals surface area contributed by atoms with E-state index in [1.54, 1.807) is 0 Å². The third-order valence-corrected chi connectivity index (χ3v) is 3.97. The highest BCUT2D eigenvalue weighted by Crippen LogP contribution is 2.21. The molecule has 1 aliphatic heterocycles. The Balaban J connectivity index is 2.33. The van der Waals surface area contributed by atoms with Crippen LogP contribution in [0.2, 0.25) is 0 Å². The molecule has 0 spiro atoms. The van der Waals surface area contributed by atoms with E-state index in [2.05, 4.69) is 0 Å². The number of piperidine rings is 1. The van der Waals surface area contributed by atoms with Gasteiger partial charge < -0.3 is 4.74 Å². The van der Waals surface area contributed by atoms with E-state index in [0.717, 1.165) is 0 Å². The summed E-state index contributed by atoms with van der Waals surface area (Å²) in [4.78, 5) is 10.6. The molecule has 1 rings (SSSR count). The molecule has 0 saturated carbocycles. The normalized spacial score (nSPS) is 20.1. The molecule has 1 saturated heterocycles. The van der Waals surface area contributed by atoms with E-state index in [9.17, 15) is 13.2 Å². The van der Waals surface area contributed by atoms with E-state index in [1.165, 1.54) is 11.2 Å². The molecule has 0 aromatic heterocycles. The number of ether oxygens (including phenoxy) is 1. The van der Waals surface area contributed by atoms with Crippen LogP contribution in [0.4, 0.5) is 0 Å². The Labute approximate surface area is 93.9 Å². The number of halogens is 1. The van der Waals surface area contributed by atoms with Gasteiger partial charge >= 0.3 is 5.97 Å². The molecule has 0 aromatic rings. The summed E-state index contributed by atoms with van der Waals surface area (Å²) in [6, 6.07) is 0. The fourth-order valence-corrected chi connectivity index (χ4v) is 2.59. The minimum absolute atomic E-state index is 0.239. The summed E-state index contributed by atoms with van der Waals surface area (Å²) in [7, 11) is 1.62. The Kier molecular flexibility index (Phi) is 4.36. The van der Waals surface area contributed by atoms with Gasteiger partial charge in [-0.3, -0.25) is 4.79 Å². The molecule has 0 aromatic carbocycles. The van der Waals surface area contributed by atoms with Crippen molar-refractivity contribution in [1.82, 2.24) is 4.31 Å². The number of hydrogen-bond donors (Lipinski definition) is 0. The number of nitrogens with zero attached hydrogens (tertiary/aromatic N) is 1. The Morgan fingerprint density at radius 3 is 2.40 bits per heavy atom. The van der Waals surface area contributed by atoms with E-state index in [4.69, 9.17) is 15.4 Å². The predicted molar refractivity (Wildman–Crippen MR) is 55.7 cm³/mol. The number of hydrogen-bond acceptors (Lipinski definition) is 4. The molecular formula is C8H14ClNO4S. The zero-order chi connectivity index (χ0) is 11.5. The van der Waals surface area contributed by atoms with Crippen LogP contribution in [-0.2, 0) is 18.8 Å². The van der Waals surface area contributed by atoms with Crippen LogP contribution in [0, 0.1) is 5.92 Å². The van der Waals surface area contributed by atoms with E-state index < -0.39 is 9.24 Å². The average Bonchev–Trinajstić information content (AvgIpc) is 2.14. The monoisotopic (exact) mass is 255 g/mol. The second-order valence-corrected chi connectivity index (χ2v) is 6.10. The zero-order valence-corrected chi connectivity index (χ0v) is 10.1. The molecule has 0 aliphatic carbocycles. The first-order chi connectivity index (χ1) is 6.89. The maximum Gasteiger partial charge on any atom is 0.302 e. The Hall–Kier alpha value is -0.330. The lowest BCUT2D eigenvalue weighted by Crippen LogP contribution is -2.37. The Morgan fingerprint density at radius 1 is 1.47 bits per heavy atom. The van der Waals surface area contributed by atoms with Crippen molar-refractivity contribution in [2.24, 2.45) is 5.92 Å². The lowest BCUT2D eigenvalue weighted by atomic mass is 9.99. The van der Waals surface area contributed by atoms with Gasteiger partial charge in [0.05, 0.1) is 6.61 Å². The number of carbonyl (C=O) groups is 1. The molecule has 1 fully saturated rings. The van der Waals surface area contributed by atoms with Gasteiger partial charge in [0.1, 0.15) is 0 Å². The van der Waals surface area contributed by atoms with Crippen LogP contribution < -0.4 is 0 Å². The van der Waals surface area contributed by atoms with Gasteiger partial charge in [-0.15, -0.1) is 0 Å². The van der Waals surface area contributed by atoms with Crippen LogP contribution in [0.25, 0.3) is 0 Å². The smallest absolute Gasteiger partial charge is 0.302 e. The summed E-state index contributed by atoms with van der Waals surface area (Å²) in [5.41, 5.74) is 0. The standard InChI is InChI=1S/C8H14ClNO4S/c1-7(11)14-6-8-2-4-10(5-3-8)15(9,12)13/h8H,2-6H2,1H3. The molecule has 0 N–H and O–H groups in total. The number of carbonyl (C=O) groups excluding carboxylic acids is 1. The van der Waals surface area contributed by atoms with Crippen molar-refractivity contribution in [1.29, 1.82) is 0 Å². The van der Waals surface area contributed by atoms with Crippen LogP contribution in [0.15, 0.2) is 0 Å². The van der Waals surface area contributed by atoms with Gasteiger partial charge in [-0.1, -0.05) is 0 Å². The van der Waals surface area contributed by atoms with Gasteiger partial charge in [-0.05, 0) is 18.8 Å². The number of esters is 1. The lowest BCUT2D eigenvalue weighted by Gasteiger charge is -2.28. The van der Waals surface area contributed by atoms with Gasteiger partial charge in [-0.2, -0.15) is 12.7 Å². The van der Waals surface area contributed by atoms with E-state index in [0.29, 0.717) is 32.5 Å². The summed E-state index contributed by atoms with van der Waals surface area (Å²) in [5.74, 6) is -0.0639. The van der Waals surface area contributed by atoms with Crippen molar-refractivity contribution in [2.45, 2.75) is 19.8 Å². The Morgan fingerprint density at radius 2 is 2.00 bits per heavy atom. The van der Waals surface area contributed by atoms with Gasteiger partial charge in [0.25, 0.3) is 9.24 Å². The molecule has 88 valence electrons. The van der Waals surface area contributed by atoms with Crippen molar-refractivity contribution in [2.75, 3.05) is 19.7 Å². The van der Waals surface area contributed by atoms with Gasteiger partial charge in [0, 0.05) is 30.7 Å². The van der Waals surface area contributed by atoms with Crippen LogP contribution in [0.1, 0.15) is 19.8 Å². The average molecular weight is 256 g/mol. The molecular weight excluding hydrogens is 242 g/mol. The minimum atomic E-state index is -3.58. The van der Waals surface area contributed by atoms with E-state index in [-0.39, 0.29) is 11.9 Å². The summed E-state index contributed by atoms with van der Waals surface area (Å²) in [6.45, 7) is 2.53. The van der Waals surface area contributed by atoms with Gasteiger partial charge in [-0.25, -0.2) is 0 Å². The topological polar surface area (TPSA) is 63.7 Å². The van der Waals surface area contributed by atoms with E-state index >= 15 is 0 Å². The van der Waals surface area contributed by atoms with Crippen molar-refractivity contribution in [3.05, 3.63) is 0 Å². The van der Waals surface area contributed by atoms with Crippen molar-refractivity contribution in [3.8, 4) is 0 Å². The minimum Gasteiger partial charge on any atom is -0.466 e. The summed E-state index contributed by atoms with van der Waals surface area (Å²) in [6.07, 6.45) is 1.36. The molecule has 0 radical (unpaired) electrons. The molecule has 0 amide bonds.